The number of halogens is 1. The summed E-state index contributed by atoms with van der Waals surface area (Å²) in [5.74, 6) is -0.926. The van der Waals surface area contributed by atoms with Crippen molar-refractivity contribution < 1.29 is 9.59 Å². The predicted octanol–water partition coefficient (Wildman–Crippen LogP) is 5.41. The van der Waals surface area contributed by atoms with Crippen LogP contribution in [-0.2, 0) is 9.59 Å². The second-order valence-electron chi connectivity index (χ2n) is 7.55. The van der Waals surface area contributed by atoms with Gasteiger partial charge in [0.25, 0.3) is 5.91 Å². The van der Waals surface area contributed by atoms with Gasteiger partial charge in [-0.2, -0.15) is 0 Å². The molecule has 0 aliphatic carbocycles. The molecule has 0 aliphatic heterocycles. The largest absolute Gasteiger partial charge is 0.385 e. The Morgan fingerprint density at radius 3 is 2.25 bits per heavy atom. The van der Waals surface area contributed by atoms with Crippen LogP contribution in [0.1, 0.15) is 33.3 Å². The molecule has 28 heavy (non-hydrogen) atoms. The maximum Gasteiger partial charge on any atom is 0.278 e. The highest BCUT2D eigenvalue weighted by Crippen LogP contribution is 2.24. The number of hydrogen-bond donors (Lipinski definition) is 2. The summed E-state index contributed by atoms with van der Waals surface area (Å²) in [6.45, 7) is 9.98. The van der Waals surface area contributed by atoms with E-state index in [2.05, 4.69) is 15.6 Å². The standard InChI is InChI=1S/C22H26ClN3O2/c1-6-24-15-8-10-16(11-9-15)25-19(20(27)22(3,4)5)21(28)26-18-12-7-14(2)13-17(18)23/h7-13,24H,6H2,1-5H3,(H,26,28). The van der Waals surface area contributed by atoms with E-state index >= 15 is 0 Å². The highest BCUT2D eigenvalue weighted by atomic mass is 35.5. The summed E-state index contributed by atoms with van der Waals surface area (Å²) < 4.78 is 0. The van der Waals surface area contributed by atoms with Crippen LogP contribution >= 0.6 is 11.6 Å². The van der Waals surface area contributed by atoms with Crippen LogP contribution < -0.4 is 10.6 Å². The van der Waals surface area contributed by atoms with Gasteiger partial charge in [-0.15, -0.1) is 0 Å². The number of nitrogens with one attached hydrogen (secondary N) is 2. The summed E-state index contributed by atoms with van der Waals surface area (Å²) >= 11 is 6.21. The molecule has 2 aromatic rings. The zero-order valence-electron chi connectivity index (χ0n) is 16.9. The lowest BCUT2D eigenvalue weighted by Crippen LogP contribution is -2.37. The highest BCUT2D eigenvalue weighted by molar-refractivity contribution is 6.68. The molecule has 0 unspecified atom stereocenters. The maximum absolute atomic E-state index is 12.9. The minimum absolute atomic E-state index is 0.152. The van der Waals surface area contributed by atoms with Crippen LogP contribution in [-0.4, -0.2) is 23.9 Å². The molecular weight excluding hydrogens is 374 g/mol. The molecule has 0 saturated carbocycles. The van der Waals surface area contributed by atoms with E-state index in [1.165, 1.54) is 0 Å². The van der Waals surface area contributed by atoms with Gasteiger partial charge in [-0.3, -0.25) is 9.59 Å². The van der Waals surface area contributed by atoms with Crippen molar-refractivity contribution in [3.05, 3.63) is 53.1 Å². The fourth-order valence-corrected chi connectivity index (χ4v) is 2.73. The molecule has 2 N–H and O–H groups in total. The third-order valence-corrected chi connectivity index (χ3v) is 4.29. The SMILES string of the molecule is CCNc1ccc(N=C(C(=O)Nc2ccc(C)cc2Cl)C(=O)C(C)(C)C)cc1. The average molecular weight is 400 g/mol. The number of aliphatic imine (C=N–C) groups is 1. The number of rotatable bonds is 6. The molecule has 148 valence electrons. The summed E-state index contributed by atoms with van der Waals surface area (Å²) in [6.07, 6.45) is 0. The molecule has 6 heteroatoms. The van der Waals surface area contributed by atoms with Crippen LogP contribution in [0.15, 0.2) is 47.5 Å². The van der Waals surface area contributed by atoms with Gasteiger partial charge in [0.15, 0.2) is 11.5 Å². The van der Waals surface area contributed by atoms with Gasteiger partial charge in [-0.25, -0.2) is 4.99 Å². The Labute approximate surface area is 171 Å². The van der Waals surface area contributed by atoms with Gasteiger partial charge in [-0.1, -0.05) is 38.4 Å². The first-order chi connectivity index (χ1) is 13.1. The summed E-state index contributed by atoms with van der Waals surface area (Å²) in [6, 6.07) is 12.5. The molecule has 1 amide bonds. The first-order valence-corrected chi connectivity index (χ1v) is 9.54. The van der Waals surface area contributed by atoms with Crippen molar-refractivity contribution in [1.29, 1.82) is 0 Å². The summed E-state index contributed by atoms with van der Waals surface area (Å²) in [4.78, 5) is 30.1. The lowest BCUT2D eigenvalue weighted by Gasteiger charge is -2.18. The van der Waals surface area contributed by atoms with Gasteiger partial charge in [0.1, 0.15) is 0 Å². The molecule has 0 fully saturated rings. The van der Waals surface area contributed by atoms with Gasteiger partial charge in [0.2, 0.25) is 0 Å². The monoisotopic (exact) mass is 399 g/mol. The van der Waals surface area contributed by atoms with E-state index in [9.17, 15) is 9.59 Å². The molecule has 2 rings (SSSR count). The van der Waals surface area contributed by atoms with E-state index in [0.29, 0.717) is 16.4 Å². The van der Waals surface area contributed by atoms with Crippen LogP contribution in [0.4, 0.5) is 17.1 Å². The molecule has 0 radical (unpaired) electrons. The Morgan fingerprint density at radius 1 is 1.07 bits per heavy atom. The summed E-state index contributed by atoms with van der Waals surface area (Å²) in [5, 5.41) is 6.31. The molecule has 0 aromatic heterocycles. The molecule has 0 bridgehead atoms. The third kappa shape index (κ3) is 5.67. The Balaban J connectivity index is 2.38. The highest BCUT2D eigenvalue weighted by Gasteiger charge is 2.31. The van der Waals surface area contributed by atoms with Crippen LogP contribution in [0, 0.1) is 12.3 Å². The molecule has 0 aliphatic rings. The second-order valence-corrected chi connectivity index (χ2v) is 7.96. The van der Waals surface area contributed by atoms with Gasteiger partial charge in [0.05, 0.1) is 16.4 Å². The fourth-order valence-electron chi connectivity index (χ4n) is 2.45. The van der Waals surface area contributed by atoms with Crippen LogP contribution in [0.25, 0.3) is 0 Å². The lowest BCUT2D eigenvalue weighted by molar-refractivity contribution is -0.121. The predicted molar refractivity (Wildman–Crippen MR) is 117 cm³/mol. The Morgan fingerprint density at radius 2 is 1.71 bits per heavy atom. The zero-order valence-corrected chi connectivity index (χ0v) is 17.6. The zero-order chi connectivity index (χ0) is 20.9. The summed E-state index contributed by atoms with van der Waals surface area (Å²) in [7, 11) is 0. The van der Waals surface area contributed by atoms with Crippen LogP contribution in [0.2, 0.25) is 5.02 Å². The van der Waals surface area contributed by atoms with E-state index in [-0.39, 0.29) is 11.5 Å². The molecule has 5 nitrogen and oxygen atoms in total. The van der Waals surface area contributed by atoms with Gasteiger partial charge >= 0.3 is 0 Å². The van der Waals surface area contributed by atoms with Crippen molar-refractivity contribution in [2.45, 2.75) is 34.6 Å². The van der Waals surface area contributed by atoms with Crippen LogP contribution in [0.3, 0.4) is 0 Å². The quantitative estimate of drug-likeness (QED) is 0.504. The van der Waals surface area contributed by atoms with Crippen molar-refractivity contribution >= 4 is 46.1 Å². The Bertz CT molecular complexity index is 897. The van der Waals surface area contributed by atoms with E-state index in [1.807, 2.05) is 32.0 Å². The Hall–Kier alpha value is -2.66. The van der Waals surface area contributed by atoms with Gasteiger partial charge in [-0.05, 0) is 55.8 Å². The number of hydrogen-bond acceptors (Lipinski definition) is 4. The molecule has 0 atom stereocenters. The molecule has 2 aromatic carbocycles. The third-order valence-electron chi connectivity index (χ3n) is 3.97. The van der Waals surface area contributed by atoms with Crippen molar-refractivity contribution in [3.8, 4) is 0 Å². The Kier molecular flexibility index (Phi) is 6.97. The number of ketones is 1. The minimum Gasteiger partial charge on any atom is -0.385 e. The maximum atomic E-state index is 12.9. The van der Waals surface area contributed by atoms with E-state index in [4.69, 9.17) is 11.6 Å². The smallest absolute Gasteiger partial charge is 0.278 e. The molecular formula is C22H26ClN3O2. The number of carbonyl (C=O) groups is 2. The van der Waals surface area contributed by atoms with Gasteiger partial charge in [0, 0.05) is 17.6 Å². The van der Waals surface area contributed by atoms with Crippen LogP contribution in [0.5, 0.6) is 0 Å². The van der Waals surface area contributed by atoms with E-state index in [0.717, 1.165) is 17.8 Å². The summed E-state index contributed by atoms with van der Waals surface area (Å²) in [5.41, 5.74) is 1.98. The molecule has 0 heterocycles. The topological polar surface area (TPSA) is 70.6 Å². The second kappa shape index (κ2) is 9.02. The van der Waals surface area contributed by atoms with Crippen molar-refractivity contribution in [3.63, 3.8) is 0 Å². The number of amides is 1. The van der Waals surface area contributed by atoms with Crippen molar-refractivity contribution in [2.24, 2.45) is 10.4 Å². The van der Waals surface area contributed by atoms with Gasteiger partial charge < -0.3 is 10.6 Å². The van der Waals surface area contributed by atoms with Crippen molar-refractivity contribution in [1.82, 2.24) is 0 Å². The van der Waals surface area contributed by atoms with E-state index < -0.39 is 11.3 Å². The fraction of sp³-hybridized carbons (Fsp3) is 0.318. The number of aryl methyl sites for hydroxylation is 1. The number of nitrogens with zero attached hydrogens (tertiary/aromatic N) is 1. The van der Waals surface area contributed by atoms with Crippen molar-refractivity contribution in [2.75, 3.05) is 17.2 Å². The number of Topliss-reactive ketones (excluding diaryl/α,β-unsaturated/α-hetero) is 1. The lowest BCUT2D eigenvalue weighted by atomic mass is 9.87. The average Bonchev–Trinajstić information content (AvgIpc) is 2.62. The minimum atomic E-state index is -0.753. The normalized spacial score (nSPS) is 11.9. The first-order valence-electron chi connectivity index (χ1n) is 9.16. The number of carbonyl (C=O) groups excluding carboxylic acids is 2. The molecule has 0 spiro atoms. The first kappa shape index (κ1) is 21.6. The number of anilines is 2. The van der Waals surface area contributed by atoms with E-state index in [1.54, 1.807) is 45.0 Å². The number of benzene rings is 2. The molecule has 0 saturated heterocycles.